The van der Waals surface area contributed by atoms with E-state index in [1.165, 1.54) is 18.2 Å². The van der Waals surface area contributed by atoms with Gasteiger partial charge in [-0.2, -0.15) is 5.10 Å². The smallest absolute Gasteiger partial charge is 0.274 e. The summed E-state index contributed by atoms with van der Waals surface area (Å²) in [4.78, 5) is 24.1. The van der Waals surface area contributed by atoms with Crippen LogP contribution in [-0.4, -0.2) is 43.8 Å². The van der Waals surface area contributed by atoms with Gasteiger partial charge in [0.15, 0.2) is 0 Å². The minimum absolute atomic E-state index is 0.0846. The number of rotatable bonds is 10. The fraction of sp³-hybridized carbons (Fsp3) is 0.238. The molecule has 0 saturated carbocycles. The maximum Gasteiger partial charge on any atom is 0.274 e. The van der Waals surface area contributed by atoms with Gasteiger partial charge in [0.25, 0.3) is 5.69 Å². The number of hydrogen-bond acceptors (Lipinski definition) is 6. The van der Waals surface area contributed by atoms with Crippen LogP contribution in [0.4, 0.5) is 5.69 Å². The molecule has 2 aromatic carbocycles. The summed E-state index contributed by atoms with van der Waals surface area (Å²) in [5.74, 6) is -0.720. The van der Waals surface area contributed by atoms with Crippen LogP contribution in [0, 0.1) is 10.1 Å². The van der Waals surface area contributed by atoms with Crippen molar-refractivity contribution >= 4 is 11.6 Å². The van der Waals surface area contributed by atoms with Crippen LogP contribution in [0.25, 0.3) is 0 Å². The molecule has 9 nitrogen and oxygen atoms in total. The number of nitrogens with two attached hydrogens (primary N) is 1. The van der Waals surface area contributed by atoms with E-state index in [0.717, 1.165) is 11.1 Å². The molecule has 30 heavy (non-hydrogen) atoms. The fourth-order valence-corrected chi connectivity index (χ4v) is 3.22. The van der Waals surface area contributed by atoms with Crippen molar-refractivity contribution in [3.05, 3.63) is 93.3 Å². The summed E-state index contributed by atoms with van der Waals surface area (Å²) in [5, 5.41) is 25.3. The lowest BCUT2D eigenvalue weighted by Crippen LogP contribution is -2.26. The van der Waals surface area contributed by atoms with Crippen LogP contribution in [0.15, 0.2) is 60.9 Å². The second-order valence-electron chi connectivity index (χ2n) is 6.93. The van der Waals surface area contributed by atoms with Gasteiger partial charge in [-0.1, -0.05) is 36.4 Å². The molecule has 0 spiro atoms. The Morgan fingerprint density at radius 3 is 2.60 bits per heavy atom. The molecule has 3 rings (SSSR count). The van der Waals surface area contributed by atoms with E-state index >= 15 is 0 Å². The van der Waals surface area contributed by atoms with Crippen molar-refractivity contribution < 1.29 is 14.8 Å². The minimum Gasteiger partial charge on any atom is -0.395 e. The predicted molar refractivity (Wildman–Crippen MR) is 111 cm³/mol. The van der Waals surface area contributed by atoms with E-state index in [1.807, 2.05) is 46.1 Å². The molecule has 1 amide bonds. The first-order valence-electron chi connectivity index (χ1n) is 9.42. The van der Waals surface area contributed by atoms with E-state index in [9.17, 15) is 20.0 Å². The van der Waals surface area contributed by atoms with Gasteiger partial charge < -0.3 is 10.8 Å². The van der Waals surface area contributed by atoms with Gasteiger partial charge in [-0.15, -0.1) is 0 Å². The molecule has 0 atom stereocenters. The molecular formula is C21H23N5O4. The number of hydrogen-bond donors (Lipinski definition) is 2. The molecule has 3 N–H and O–H groups in total. The number of primary amides is 1. The SMILES string of the molecule is NC(=O)c1ccc(CN(CCO)Cc2cnn(Cc3ccccc3)c2)c([N+](=O)[O-])c1. The van der Waals surface area contributed by atoms with Gasteiger partial charge in [-0.3, -0.25) is 24.5 Å². The third-order valence-corrected chi connectivity index (χ3v) is 4.66. The number of nitro benzene ring substituents is 1. The fourth-order valence-electron chi connectivity index (χ4n) is 3.22. The maximum atomic E-state index is 11.4. The number of aliphatic hydroxyl groups is 1. The third-order valence-electron chi connectivity index (χ3n) is 4.66. The predicted octanol–water partition coefficient (Wildman–Crippen LogP) is 1.93. The Morgan fingerprint density at radius 1 is 1.17 bits per heavy atom. The number of nitro groups is 1. The highest BCUT2D eigenvalue weighted by atomic mass is 16.6. The molecule has 1 heterocycles. The summed E-state index contributed by atoms with van der Waals surface area (Å²) in [6.45, 7) is 1.58. The van der Waals surface area contributed by atoms with Crippen LogP contribution < -0.4 is 5.73 Å². The molecule has 9 heteroatoms. The van der Waals surface area contributed by atoms with Crippen molar-refractivity contribution in [3.8, 4) is 0 Å². The van der Waals surface area contributed by atoms with Crippen LogP contribution in [-0.2, 0) is 19.6 Å². The molecule has 0 aliphatic heterocycles. The zero-order valence-corrected chi connectivity index (χ0v) is 16.3. The molecule has 0 unspecified atom stereocenters. The van der Waals surface area contributed by atoms with Crippen molar-refractivity contribution in [2.24, 2.45) is 5.73 Å². The molecular weight excluding hydrogens is 386 g/mol. The second-order valence-corrected chi connectivity index (χ2v) is 6.93. The molecule has 0 aliphatic carbocycles. The number of amides is 1. The van der Waals surface area contributed by atoms with Crippen LogP contribution in [0.2, 0.25) is 0 Å². The summed E-state index contributed by atoms with van der Waals surface area (Å²) < 4.78 is 1.83. The van der Waals surface area contributed by atoms with E-state index in [4.69, 9.17) is 5.73 Å². The molecule has 0 bridgehead atoms. The average Bonchev–Trinajstić information content (AvgIpc) is 3.15. The summed E-state index contributed by atoms with van der Waals surface area (Å²) >= 11 is 0. The highest BCUT2D eigenvalue weighted by Crippen LogP contribution is 2.23. The van der Waals surface area contributed by atoms with Crippen molar-refractivity contribution in [2.45, 2.75) is 19.6 Å². The zero-order valence-electron chi connectivity index (χ0n) is 16.3. The number of carbonyl (C=O) groups is 1. The Morgan fingerprint density at radius 2 is 1.93 bits per heavy atom. The van der Waals surface area contributed by atoms with Crippen molar-refractivity contribution in [1.82, 2.24) is 14.7 Å². The van der Waals surface area contributed by atoms with Gasteiger partial charge in [0.05, 0.1) is 24.3 Å². The topological polar surface area (TPSA) is 128 Å². The summed E-state index contributed by atoms with van der Waals surface area (Å²) in [5.41, 5.74) is 7.64. The highest BCUT2D eigenvalue weighted by Gasteiger charge is 2.19. The van der Waals surface area contributed by atoms with Crippen molar-refractivity contribution in [2.75, 3.05) is 13.2 Å². The maximum absolute atomic E-state index is 11.4. The molecule has 0 radical (unpaired) electrons. The Bertz CT molecular complexity index is 1020. The molecule has 0 saturated heterocycles. The lowest BCUT2D eigenvalue weighted by molar-refractivity contribution is -0.385. The van der Waals surface area contributed by atoms with E-state index in [-0.39, 0.29) is 24.4 Å². The largest absolute Gasteiger partial charge is 0.395 e. The quantitative estimate of drug-likeness (QED) is 0.389. The number of aliphatic hydroxyl groups excluding tert-OH is 1. The highest BCUT2D eigenvalue weighted by molar-refractivity contribution is 5.93. The van der Waals surface area contributed by atoms with Gasteiger partial charge in [-0.05, 0) is 11.6 Å². The molecule has 3 aromatic rings. The number of carbonyl (C=O) groups excluding carboxylic acids is 1. The Hall–Kier alpha value is -3.56. The minimum atomic E-state index is -0.720. The first-order chi connectivity index (χ1) is 14.5. The van der Waals surface area contributed by atoms with E-state index in [1.54, 1.807) is 6.20 Å². The number of aromatic nitrogens is 2. The number of nitrogens with zero attached hydrogens (tertiary/aromatic N) is 4. The molecule has 1 aromatic heterocycles. The summed E-state index contributed by atoms with van der Waals surface area (Å²) in [6.07, 6.45) is 3.67. The first-order valence-corrected chi connectivity index (χ1v) is 9.42. The Kier molecular flexibility index (Phi) is 6.89. The van der Waals surface area contributed by atoms with Crippen molar-refractivity contribution in [1.29, 1.82) is 0 Å². The first kappa shape index (κ1) is 21.2. The standard InChI is InChI=1S/C21H23N5O4/c22-21(28)18-6-7-19(20(10-18)26(29)30)15-24(8-9-27)12-17-11-23-25(14-17)13-16-4-2-1-3-5-16/h1-7,10-11,14,27H,8-9,12-13,15H2,(H2,22,28). The van der Waals surface area contributed by atoms with E-state index < -0.39 is 10.8 Å². The Balaban J connectivity index is 1.74. The third kappa shape index (κ3) is 5.49. The molecule has 0 aliphatic rings. The lowest BCUT2D eigenvalue weighted by atomic mass is 10.1. The number of benzene rings is 2. The zero-order chi connectivity index (χ0) is 21.5. The average molecular weight is 409 g/mol. The van der Waals surface area contributed by atoms with E-state index in [0.29, 0.717) is 25.2 Å². The van der Waals surface area contributed by atoms with Gasteiger partial charge in [0, 0.05) is 48.6 Å². The normalized spacial score (nSPS) is 11.0. The van der Waals surface area contributed by atoms with Crippen LogP contribution in [0.1, 0.15) is 27.0 Å². The molecule has 0 fully saturated rings. The lowest BCUT2D eigenvalue weighted by Gasteiger charge is -2.20. The van der Waals surface area contributed by atoms with Gasteiger partial charge >= 0.3 is 0 Å². The van der Waals surface area contributed by atoms with E-state index in [2.05, 4.69) is 5.10 Å². The van der Waals surface area contributed by atoms with Gasteiger partial charge in [-0.25, -0.2) is 0 Å². The monoisotopic (exact) mass is 409 g/mol. The van der Waals surface area contributed by atoms with Crippen LogP contribution >= 0.6 is 0 Å². The van der Waals surface area contributed by atoms with Crippen LogP contribution in [0.3, 0.4) is 0 Å². The van der Waals surface area contributed by atoms with Gasteiger partial charge in [0.2, 0.25) is 5.91 Å². The second kappa shape index (κ2) is 9.77. The summed E-state index contributed by atoms with van der Waals surface area (Å²) in [7, 11) is 0. The summed E-state index contributed by atoms with van der Waals surface area (Å²) in [6, 6.07) is 14.1. The molecule has 156 valence electrons. The Labute approximate surface area is 173 Å². The van der Waals surface area contributed by atoms with Crippen LogP contribution in [0.5, 0.6) is 0 Å². The van der Waals surface area contributed by atoms with Gasteiger partial charge in [0.1, 0.15) is 0 Å². The van der Waals surface area contributed by atoms with Crippen molar-refractivity contribution in [3.63, 3.8) is 0 Å².